The van der Waals surface area contributed by atoms with E-state index in [9.17, 15) is 4.79 Å². The molecule has 0 N–H and O–H groups in total. The van der Waals surface area contributed by atoms with Gasteiger partial charge < -0.3 is 4.90 Å². The summed E-state index contributed by atoms with van der Waals surface area (Å²) in [5.41, 5.74) is 1.42. The molecule has 0 atom stereocenters. The van der Waals surface area contributed by atoms with E-state index in [-0.39, 0.29) is 11.8 Å². The number of rotatable bonds is 4. The van der Waals surface area contributed by atoms with Crippen LogP contribution in [0.1, 0.15) is 20.8 Å². The third-order valence-corrected chi connectivity index (χ3v) is 3.20. The Balaban J connectivity index is 2.38. The maximum absolute atomic E-state index is 12.2. The molecule has 0 bridgehead atoms. The number of amides is 1. The smallest absolute Gasteiger partial charge is 0.229 e. The third kappa shape index (κ3) is 2.82. The lowest BCUT2D eigenvalue weighted by Gasteiger charge is -2.21. The van der Waals surface area contributed by atoms with Gasteiger partial charge in [-0.1, -0.05) is 25.4 Å². The molecule has 6 heteroatoms. The summed E-state index contributed by atoms with van der Waals surface area (Å²) in [4.78, 5) is 17.9. The molecule has 2 aromatic heterocycles. The largest absolute Gasteiger partial charge is 0.308 e. The van der Waals surface area contributed by atoms with Gasteiger partial charge in [0.15, 0.2) is 5.15 Å². The van der Waals surface area contributed by atoms with Crippen LogP contribution in [0.4, 0.5) is 5.69 Å². The van der Waals surface area contributed by atoms with Gasteiger partial charge in [0.25, 0.3) is 0 Å². The van der Waals surface area contributed by atoms with Crippen LogP contribution < -0.4 is 4.90 Å². The highest BCUT2D eigenvalue weighted by Crippen LogP contribution is 2.26. The van der Waals surface area contributed by atoms with Crippen LogP contribution in [-0.4, -0.2) is 27.2 Å². The lowest BCUT2D eigenvalue weighted by atomic mass is 10.2. The Morgan fingerprint density at radius 1 is 1.50 bits per heavy atom. The SMILES string of the molecule is CCN(C(=O)C(C)C)c1cn(-c2cccnc2)nc1Cl. The lowest BCUT2D eigenvalue weighted by Crippen LogP contribution is -2.34. The normalized spacial score (nSPS) is 10.8. The highest BCUT2D eigenvalue weighted by molar-refractivity contribution is 6.32. The van der Waals surface area contributed by atoms with E-state index in [1.54, 1.807) is 28.2 Å². The molecule has 2 rings (SSSR count). The van der Waals surface area contributed by atoms with Crippen LogP contribution in [0.5, 0.6) is 0 Å². The average molecular weight is 293 g/mol. The van der Waals surface area contributed by atoms with E-state index >= 15 is 0 Å². The van der Waals surface area contributed by atoms with Gasteiger partial charge in [-0.05, 0) is 19.1 Å². The highest BCUT2D eigenvalue weighted by atomic mass is 35.5. The number of pyridine rings is 1. The minimum atomic E-state index is -0.0900. The van der Waals surface area contributed by atoms with Crippen LogP contribution in [0.3, 0.4) is 0 Å². The predicted octanol–water partition coefficient (Wildman–Crippen LogP) is 2.93. The Morgan fingerprint density at radius 2 is 2.25 bits per heavy atom. The van der Waals surface area contributed by atoms with Crippen LogP contribution in [0, 0.1) is 5.92 Å². The van der Waals surface area contributed by atoms with E-state index in [0.29, 0.717) is 17.4 Å². The van der Waals surface area contributed by atoms with Crippen molar-refractivity contribution in [2.75, 3.05) is 11.4 Å². The molecule has 0 fully saturated rings. The number of hydrogen-bond acceptors (Lipinski definition) is 3. The second-order valence-electron chi connectivity index (χ2n) is 4.70. The maximum atomic E-state index is 12.2. The lowest BCUT2D eigenvalue weighted by molar-refractivity contribution is -0.121. The predicted molar refractivity (Wildman–Crippen MR) is 79.2 cm³/mol. The Hall–Kier alpha value is -1.88. The van der Waals surface area contributed by atoms with Crippen molar-refractivity contribution in [3.8, 4) is 5.69 Å². The number of hydrogen-bond donors (Lipinski definition) is 0. The molecule has 0 aliphatic rings. The van der Waals surface area contributed by atoms with E-state index in [1.807, 2.05) is 32.9 Å². The van der Waals surface area contributed by atoms with Crippen LogP contribution in [-0.2, 0) is 4.79 Å². The fraction of sp³-hybridized carbons (Fsp3) is 0.357. The van der Waals surface area contributed by atoms with Crippen molar-refractivity contribution in [2.45, 2.75) is 20.8 Å². The first-order valence-corrected chi connectivity index (χ1v) is 6.89. The molecule has 0 saturated heterocycles. The van der Waals surface area contributed by atoms with E-state index in [1.165, 1.54) is 0 Å². The number of carbonyl (C=O) groups is 1. The molecule has 0 saturated carbocycles. The summed E-state index contributed by atoms with van der Waals surface area (Å²) in [5, 5.41) is 4.55. The van der Waals surface area contributed by atoms with Gasteiger partial charge in [-0.2, -0.15) is 5.10 Å². The number of anilines is 1. The molecule has 0 radical (unpaired) electrons. The Kier molecular flexibility index (Phi) is 4.39. The van der Waals surface area contributed by atoms with Gasteiger partial charge in [-0.15, -0.1) is 0 Å². The van der Waals surface area contributed by atoms with Crippen molar-refractivity contribution in [3.63, 3.8) is 0 Å². The molecule has 106 valence electrons. The van der Waals surface area contributed by atoms with Crippen molar-refractivity contribution in [1.29, 1.82) is 0 Å². The average Bonchev–Trinajstić information content (AvgIpc) is 2.83. The van der Waals surface area contributed by atoms with Crippen LogP contribution in [0.15, 0.2) is 30.7 Å². The van der Waals surface area contributed by atoms with Crippen molar-refractivity contribution < 1.29 is 4.79 Å². The fourth-order valence-electron chi connectivity index (χ4n) is 1.90. The standard InChI is InChI=1S/C14H17ClN4O/c1-4-18(14(20)10(2)3)12-9-19(17-13(12)15)11-6-5-7-16-8-11/h5-10H,4H2,1-3H3. The molecule has 5 nitrogen and oxygen atoms in total. The topological polar surface area (TPSA) is 51.0 Å². The van der Waals surface area contributed by atoms with Gasteiger partial charge in [0.05, 0.1) is 18.1 Å². The summed E-state index contributed by atoms with van der Waals surface area (Å²) in [6.45, 7) is 6.20. The van der Waals surface area contributed by atoms with Gasteiger partial charge in [-0.25, -0.2) is 4.68 Å². The molecule has 0 aliphatic heterocycles. The molecule has 0 aliphatic carbocycles. The van der Waals surface area contributed by atoms with E-state index < -0.39 is 0 Å². The number of aromatic nitrogens is 3. The summed E-state index contributed by atoms with van der Waals surface area (Å²) in [7, 11) is 0. The summed E-state index contributed by atoms with van der Waals surface area (Å²) in [6, 6.07) is 3.70. The summed E-state index contributed by atoms with van der Waals surface area (Å²) < 4.78 is 1.63. The van der Waals surface area contributed by atoms with Gasteiger partial charge in [-0.3, -0.25) is 9.78 Å². The highest BCUT2D eigenvalue weighted by Gasteiger charge is 2.22. The first-order chi connectivity index (χ1) is 9.54. The minimum Gasteiger partial charge on any atom is -0.308 e. The maximum Gasteiger partial charge on any atom is 0.229 e. The van der Waals surface area contributed by atoms with Gasteiger partial charge in [0.2, 0.25) is 5.91 Å². The Morgan fingerprint density at radius 3 is 2.80 bits per heavy atom. The second kappa shape index (κ2) is 6.05. The second-order valence-corrected chi connectivity index (χ2v) is 5.06. The van der Waals surface area contributed by atoms with E-state index in [0.717, 1.165) is 5.69 Å². The molecule has 0 aromatic carbocycles. The quantitative estimate of drug-likeness (QED) is 0.870. The molecule has 1 amide bonds. The molecular weight excluding hydrogens is 276 g/mol. The Bertz CT molecular complexity index is 594. The number of nitrogens with zero attached hydrogens (tertiary/aromatic N) is 4. The molecule has 0 spiro atoms. The molecule has 2 aromatic rings. The summed E-state index contributed by atoms with van der Waals surface area (Å²) in [6.07, 6.45) is 5.13. The van der Waals surface area contributed by atoms with E-state index in [2.05, 4.69) is 10.1 Å². The minimum absolute atomic E-state index is 0.0279. The van der Waals surface area contributed by atoms with Crippen molar-refractivity contribution >= 4 is 23.2 Å². The zero-order chi connectivity index (χ0) is 14.7. The molecule has 0 unspecified atom stereocenters. The monoisotopic (exact) mass is 292 g/mol. The molecule has 20 heavy (non-hydrogen) atoms. The van der Waals surface area contributed by atoms with Crippen LogP contribution in [0.2, 0.25) is 5.15 Å². The zero-order valence-corrected chi connectivity index (χ0v) is 12.5. The van der Waals surface area contributed by atoms with Crippen molar-refractivity contribution in [3.05, 3.63) is 35.9 Å². The number of carbonyl (C=O) groups excluding carboxylic acids is 1. The van der Waals surface area contributed by atoms with Gasteiger partial charge >= 0.3 is 0 Å². The summed E-state index contributed by atoms with van der Waals surface area (Å²) in [5.74, 6) is -0.0621. The Labute approximate surface area is 123 Å². The zero-order valence-electron chi connectivity index (χ0n) is 11.7. The fourth-order valence-corrected chi connectivity index (χ4v) is 2.14. The van der Waals surface area contributed by atoms with Crippen molar-refractivity contribution in [1.82, 2.24) is 14.8 Å². The number of halogens is 1. The molecular formula is C14H17ClN4O. The summed E-state index contributed by atoms with van der Waals surface area (Å²) >= 11 is 6.17. The molecule has 2 heterocycles. The van der Waals surface area contributed by atoms with Crippen molar-refractivity contribution in [2.24, 2.45) is 5.92 Å². The van der Waals surface area contributed by atoms with Crippen LogP contribution >= 0.6 is 11.6 Å². The first kappa shape index (κ1) is 14.5. The van der Waals surface area contributed by atoms with Crippen LogP contribution in [0.25, 0.3) is 5.69 Å². The van der Waals surface area contributed by atoms with Gasteiger partial charge in [0.1, 0.15) is 5.69 Å². The third-order valence-electron chi connectivity index (χ3n) is 2.93. The first-order valence-electron chi connectivity index (χ1n) is 6.51. The van der Waals surface area contributed by atoms with E-state index in [4.69, 9.17) is 11.6 Å². The van der Waals surface area contributed by atoms with Gasteiger partial charge in [0, 0.05) is 18.7 Å².